The summed E-state index contributed by atoms with van der Waals surface area (Å²) < 4.78 is 2.30. The summed E-state index contributed by atoms with van der Waals surface area (Å²) in [5, 5.41) is 9.85. The average molecular weight is 242 g/mol. The van der Waals surface area contributed by atoms with Crippen molar-refractivity contribution in [3.05, 3.63) is 11.9 Å². The highest BCUT2D eigenvalue weighted by molar-refractivity contribution is 7.99. The highest BCUT2D eigenvalue weighted by Gasteiger charge is 2.14. The Morgan fingerprint density at radius 2 is 2.06 bits per heavy atom. The standard InChI is InChI=1S/C12H22N2OS/c1-9(2)11-8-13-12(14(11)10(3)4)16-7-5-6-15/h8-10,15H,5-7H2,1-4H3. The lowest BCUT2D eigenvalue weighted by Gasteiger charge is -2.17. The van der Waals surface area contributed by atoms with E-state index in [-0.39, 0.29) is 6.61 Å². The van der Waals surface area contributed by atoms with Gasteiger partial charge >= 0.3 is 0 Å². The number of nitrogens with zero attached hydrogens (tertiary/aromatic N) is 2. The van der Waals surface area contributed by atoms with Crippen LogP contribution in [0.25, 0.3) is 0 Å². The van der Waals surface area contributed by atoms with E-state index in [4.69, 9.17) is 5.11 Å². The van der Waals surface area contributed by atoms with Crippen molar-refractivity contribution in [1.82, 2.24) is 9.55 Å². The minimum absolute atomic E-state index is 0.256. The van der Waals surface area contributed by atoms with Gasteiger partial charge in [0.2, 0.25) is 0 Å². The Bertz CT molecular complexity index is 321. The molecule has 1 heterocycles. The largest absolute Gasteiger partial charge is 0.396 e. The first-order valence-corrected chi connectivity index (χ1v) is 6.87. The second-order valence-corrected chi connectivity index (χ2v) is 5.57. The lowest BCUT2D eigenvalue weighted by atomic mass is 10.1. The van der Waals surface area contributed by atoms with E-state index in [0.717, 1.165) is 17.3 Å². The van der Waals surface area contributed by atoms with E-state index in [1.807, 2.05) is 6.20 Å². The fraction of sp³-hybridized carbons (Fsp3) is 0.750. The number of hydrogen-bond donors (Lipinski definition) is 1. The van der Waals surface area contributed by atoms with Gasteiger partial charge in [-0.3, -0.25) is 0 Å². The van der Waals surface area contributed by atoms with Crippen LogP contribution in [0.5, 0.6) is 0 Å². The van der Waals surface area contributed by atoms with Crippen molar-refractivity contribution < 1.29 is 5.11 Å². The van der Waals surface area contributed by atoms with Crippen molar-refractivity contribution in [2.45, 2.75) is 51.2 Å². The molecule has 0 spiro atoms. The fourth-order valence-corrected chi connectivity index (χ4v) is 2.68. The molecular formula is C12H22N2OS. The highest BCUT2D eigenvalue weighted by Crippen LogP contribution is 2.27. The molecule has 3 nitrogen and oxygen atoms in total. The SMILES string of the molecule is CC(C)c1cnc(SCCCO)n1C(C)C. The zero-order valence-electron chi connectivity index (χ0n) is 10.6. The molecule has 0 aliphatic carbocycles. The average Bonchev–Trinajstić information content (AvgIpc) is 2.62. The molecular weight excluding hydrogens is 220 g/mol. The van der Waals surface area contributed by atoms with Crippen molar-refractivity contribution in [3.8, 4) is 0 Å². The Morgan fingerprint density at radius 3 is 2.56 bits per heavy atom. The first-order valence-electron chi connectivity index (χ1n) is 5.88. The molecule has 0 bridgehead atoms. The molecule has 0 unspecified atom stereocenters. The predicted octanol–water partition coefficient (Wildman–Crippen LogP) is 3.06. The summed E-state index contributed by atoms with van der Waals surface area (Å²) in [6, 6.07) is 0.441. The number of thioether (sulfide) groups is 1. The monoisotopic (exact) mass is 242 g/mol. The number of aliphatic hydroxyl groups excluding tert-OH is 1. The summed E-state index contributed by atoms with van der Waals surface area (Å²) in [5.41, 5.74) is 1.29. The van der Waals surface area contributed by atoms with Crippen molar-refractivity contribution >= 4 is 11.8 Å². The van der Waals surface area contributed by atoms with Gasteiger partial charge in [-0.2, -0.15) is 0 Å². The molecule has 16 heavy (non-hydrogen) atoms. The molecule has 0 aliphatic heterocycles. The van der Waals surface area contributed by atoms with Gasteiger partial charge < -0.3 is 9.67 Å². The topological polar surface area (TPSA) is 38.1 Å². The molecule has 0 saturated carbocycles. The van der Waals surface area contributed by atoms with Gasteiger partial charge in [-0.05, 0) is 26.2 Å². The van der Waals surface area contributed by atoms with Crippen LogP contribution < -0.4 is 0 Å². The van der Waals surface area contributed by atoms with Gasteiger partial charge in [0.15, 0.2) is 5.16 Å². The van der Waals surface area contributed by atoms with Gasteiger partial charge in [-0.1, -0.05) is 25.6 Å². The van der Waals surface area contributed by atoms with Gasteiger partial charge in [0.25, 0.3) is 0 Å². The van der Waals surface area contributed by atoms with Crippen molar-refractivity contribution in [1.29, 1.82) is 0 Å². The molecule has 0 atom stereocenters. The second kappa shape index (κ2) is 6.30. The zero-order chi connectivity index (χ0) is 12.1. The summed E-state index contributed by atoms with van der Waals surface area (Å²) in [6.07, 6.45) is 2.80. The van der Waals surface area contributed by atoms with Gasteiger partial charge in [-0.15, -0.1) is 0 Å². The lowest BCUT2D eigenvalue weighted by molar-refractivity contribution is 0.296. The van der Waals surface area contributed by atoms with Crippen LogP contribution in [0.4, 0.5) is 0 Å². The van der Waals surface area contributed by atoms with Gasteiger partial charge in [0.1, 0.15) is 0 Å². The number of aliphatic hydroxyl groups is 1. The third-order valence-electron chi connectivity index (χ3n) is 2.43. The maximum Gasteiger partial charge on any atom is 0.168 e. The van der Waals surface area contributed by atoms with Crippen LogP contribution in [-0.4, -0.2) is 27.0 Å². The Hall–Kier alpha value is -0.480. The van der Waals surface area contributed by atoms with E-state index in [1.165, 1.54) is 5.69 Å². The Balaban J connectivity index is 2.83. The molecule has 0 aromatic carbocycles. The molecule has 1 rings (SSSR count). The molecule has 1 N–H and O–H groups in total. The molecule has 0 fully saturated rings. The molecule has 92 valence electrons. The van der Waals surface area contributed by atoms with E-state index < -0.39 is 0 Å². The molecule has 4 heteroatoms. The molecule has 0 aliphatic rings. The third-order valence-corrected chi connectivity index (χ3v) is 3.49. The van der Waals surface area contributed by atoms with Gasteiger partial charge in [0.05, 0.1) is 0 Å². The third kappa shape index (κ3) is 3.25. The van der Waals surface area contributed by atoms with E-state index >= 15 is 0 Å². The quantitative estimate of drug-likeness (QED) is 0.615. The van der Waals surface area contributed by atoms with Crippen LogP contribution in [-0.2, 0) is 0 Å². The van der Waals surface area contributed by atoms with Crippen molar-refractivity contribution in [2.24, 2.45) is 0 Å². The van der Waals surface area contributed by atoms with Crippen molar-refractivity contribution in [3.63, 3.8) is 0 Å². The highest BCUT2D eigenvalue weighted by atomic mass is 32.2. The van der Waals surface area contributed by atoms with Crippen molar-refractivity contribution in [2.75, 3.05) is 12.4 Å². The molecule has 1 aromatic rings. The summed E-state index contributed by atoms with van der Waals surface area (Å²) in [6.45, 7) is 9.01. The lowest BCUT2D eigenvalue weighted by Crippen LogP contribution is -2.08. The molecule has 0 saturated heterocycles. The minimum atomic E-state index is 0.256. The number of hydrogen-bond acceptors (Lipinski definition) is 3. The summed E-state index contributed by atoms with van der Waals surface area (Å²) >= 11 is 1.73. The normalized spacial score (nSPS) is 11.7. The van der Waals surface area contributed by atoms with Crippen LogP contribution in [0.15, 0.2) is 11.4 Å². The number of imidazole rings is 1. The van der Waals surface area contributed by atoms with E-state index in [0.29, 0.717) is 12.0 Å². The Kier molecular flexibility index (Phi) is 5.35. The second-order valence-electron chi connectivity index (χ2n) is 4.51. The Labute approximate surface area is 102 Å². The van der Waals surface area contributed by atoms with Crippen LogP contribution >= 0.6 is 11.8 Å². The Morgan fingerprint density at radius 1 is 1.38 bits per heavy atom. The maximum atomic E-state index is 8.78. The summed E-state index contributed by atoms with van der Waals surface area (Å²) in [5.74, 6) is 1.43. The van der Waals surface area contributed by atoms with Crippen LogP contribution in [0, 0.1) is 0 Å². The maximum absolute atomic E-state index is 8.78. The summed E-state index contributed by atoms with van der Waals surface area (Å²) in [4.78, 5) is 4.47. The first-order chi connectivity index (χ1) is 7.57. The van der Waals surface area contributed by atoms with Crippen LogP contribution in [0.2, 0.25) is 0 Å². The molecule has 0 amide bonds. The van der Waals surface area contributed by atoms with E-state index in [2.05, 4.69) is 37.2 Å². The predicted molar refractivity (Wildman–Crippen MR) is 69.1 cm³/mol. The molecule has 0 radical (unpaired) electrons. The fourth-order valence-electron chi connectivity index (χ4n) is 1.64. The zero-order valence-corrected chi connectivity index (χ0v) is 11.4. The van der Waals surface area contributed by atoms with Gasteiger partial charge in [-0.25, -0.2) is 4.98 Å². The van der Waals surface area contributed by atoms with Crippen LogP contribution in [0.3, 0.4) is 0 Å². The minimum Gasteiger partial charge on any atom is -0.396 e. The van der Waals surface area contributed by atoms with E-state index in [9.17, 15) is 0 Å². The van der Waals surface area contributed by atoms with E-state index in [1.54, 1.807) is 11.8 Å². The van der Waals surface area contributed by atoms with Crippen LogP contribution in [0.1, 0.15) is 51.8 Å². The summed E-state index contributed by atoms with van der Waals surface area (Å²) in [7, 11) is 0. The smallest absolute Gasteiger partial charge is 0.168 e. The van der Waals surface area contributed by atoms with Gasteiger partial charge in [0, 0.05) is 30.3 Å². The number of rotatable bonds is 6. The molecule has 1 aromatic heterocycles. The first kappa shape index (κ1) is 13.6. The number of aromatic nitrogens is 2.